The number of hydrogen-bond acceptors (Lipinski definition) is 6. The highest BCUT2D eigenvalue weighted by molar-refractivity contribution is 5.95. The van der Waals surface area contributed by atoms with Gasteiger partial charge in [0.1, 0.15) is 17.5 Å². The highest BCUT2D eigenvalue weighted by Gasteiger charge is 2.40. The van der Waals surface area contributed by atoms with Gasteiger partial charge in [-0.3, -0.25) is 10.1 Å². The number of carbonyl (C=O) groups excluding carboxylic acids is 1. The highest BCUT2D eigenvalue weighted by atomic mass is 19.4. The van der Waals surface area contributed by atoms with Crippen molar-refractivity contribution in [2.24, 2.45) is 0 Å². The van der Waals surface area contributed by atoms with Crippen molar-refractivity contribution in [3.63, 3.8) is 0 Å². The number of pyridine rings is 1. The highest BCUT2D eigenvalue weighted by Crippen LogP contribution is 2.39. The Hall–Kier alpha value is -2.53. The average molecular weight is 330 g/mol. The largest absolute Gasteiger partial charge is 0.573 e. The lowest BCUT2D eigenvalue weighted by atomic mass is 10.1. The Balaban J connectivity index is 3.65. The molecule has 1 aromatic heterocycles. The molecular weight excluding hydrogens is 323 g/mol. The van der Waals surface area contributed by atoms with Crippen molar-refractivity contribution in [2.75, 3.05) is 6.61 Å². The van der Waals surface area contributed by atoms with Crippen LogP contribution in [-0.2, 0) is 4.74 Å². The minimum absolute atomic E-state index is 0.144. The molecule has 122 valence electrons. The SMILES string of the molecule is CCOC(=O)c1c(C(F)F)ncc([N+](=O)[O-])c1OC(F)(F)F. The van der Waals surface area contributed by atoms with Crippen molar-refractivity contribution in [2.45, 2.75) is 19.7 Å². The number of alkyl halides is 5. The molecule has 0 radical (unpaired) electrons. The van der Waals surface area contributed by atoms with Gasteiger partial charge in [-0.25, -0.2) is 18.6 Å². The van der Waals surface area contributed by atoms with Gasteiger partial charge in [-0.05, 0) is 6.92 Å². The monoisotopic (exact) mass is 330 g/mol. The van der Waals surface area contributed by atoms with Crippen LogP contribution in [0.15, 0.2) is 6.20 Å². The summed E-state index contributed by atoms with van der Waals surface area (Å²) in [5.41, 5.74) is -4.25. The van der Waals surface area contributed by atoms with Crippen LogP contribution in [-0.4, -0.2) is 28.8 Å². The Bertz CT molecular complexity index is 590. The van der Waals surface area contributed by atoms with E-state index in [0.717, 1.165) is 0 Å². The number of nitrogens with zero attached hydrogens (tertiary/aromatic N) is 2. The van der Waals surface area contributed by atoms with Crippen LogP contribution >= 0.6 is 0 Å². The molecule has 0 saturated carbocycles. The van der Waals surface area contributed by atoms with E-state index in [-0.39, 0.29) is 12.8 Å². The standard InChI is InChI=1S/C10H7F5N2O5/c1-2-21-9(18)5-6(8(11)12)16-3-4(17(19)20)7(5)22-10(13,14)15/h3,8H,2H2,1H3. The third-order valence-corrected chi connectivity index (χ3v) is 2.14. The van der Waals surface area contributed by atoms with Crippen molar-refractivity contribution in [1.82, 2.24) is 4.98 Å². The first kappa shape index (κ1) is 17.5. The maximum atomic E-state index is 12.8. The minimum atomic E-state index is -5.45. The summed E-state index contributed by atoms with van der Waals surface area (Å²) in [6, 6.07) is 0. The van der Waals surface area contributed by atoms with E-state index in [1.165, 1.54) is 6.92 Å². The molecule has 1 aromatic rings. The molecule has 0 N–H and O–H groups in total. The Morgan fingerprint density at radius 2 is 2.05 bits per heavy atom. The quantitative estimate of drug-likeness (QED) is 0.357. The molecule has 0 aliphatic heterocycles. The number of ether oxygens (including phenoxy) is 2. The Morgan fingerprint density at radius 3 is 2.45 bits per heavy atom. The number of nitro groups is 1. The summed E-state index contributed by atoms with van der Waals surface area (Å²) in [5.74, 6) is -3.34. The molecule has 1 rings (SSSR count). The second-order valence-corrected chi connectivity index (χ2v) is 3.56. The number of halogens is 5. The lowest BCUT2D eigenvalue weighted by Crippen LogP contribution is -2.22. The van der Waals surface area contributed by atoms with Crippen LogP contribution in [0.3, 0.4) is 0 Å². The fourth-order valence-electron chi connectivity index (χ4n) is 1.41. The summed E-state index contributed by atoms with van der Waals surface area (Å²) in [5, 5.41) is 10.7. The van der Waals surface area contributed by atoms with Gasteiger partial charge >= 0.3 is 18.0 Å². The third-order valence-electron chi connectivity index (χ3n) is 2.14. The van der Waals surface area contributed by atoms with Crippen LogP contribution in [0, 0.1) is 10.1 Å². The van der Waals surface area contributed by atoms with Crippen LogP contribution in [0.25, 0.3) is 0 Å². The van der Waals surface area contributed by atoms with Gasteiger partial charge in [0.15, 0.2) is 0 Å². The molecule has 0 unspecified atom stereocenters. The molecule has 0 aliphatic carbocycles. The van der Waals surface area contributed by atoms with Gasteiger partial charge in [0, 0.05) is 0 Å². The van der Waals surface area contributed by atoms with Crippen molar-refractivity contribution < 1.29 is 41.1 Å². The molecule has 1 heterocycles. The molecule has 0 atom stereocenters. The molecule has 22 heavy (non-hydrogen) atoms. The summed E-state index contributed by atoms with van der Waals surface area (Å²) in [4.78, 5) is 23.9. The van der Waals surface area contributed by atoms with Gasteiger partial charge in [-0.1, -0.05) is 0 Å². The first-order valence-corrected chi connectivity index (χ1v) is 5.46. The predicted molar refractivity (Wildman–Crippen MR) is 58.5 cm³/mol. The lowest BCUT2D eigenvalue weighted by Gasteiger charge is -2.14. The molecule has 0 spiro atoms. The molecule has 0 fully saturated rings. The fourth-order valence-corrected chi connectivity index (χ4v) is 1.41. The summed E-state index contributed by atoms with van der Waals surface area (Å²) in [6.45, 7) is 0.894. The van der Waals surface area contributed by atoms with E-state index < -0.39 is 46.4 Å². The van der Waals surface area contributed by atoms with Crippen LogP contribution < -0.4 is 4.74 Å². The Labute approximate surface area is 118 Å². The maximum Gasteiger partial charge on any atom is 0.573 e. The zero-order chi connectivity index (χ0) is 17.1. The van der Waals surface area contributed by atoms with E-state index >= 15 is 0 Å². The van der Waals surface area contributed by atoms with Crippen LogP contribution in [0.5, 0.6) is 5.75 Å². The van der Waals surface area contributed by atoms with E-state index in [4.69, 9.17) is 0 Å². The topological polar surface area (TPSA) is 91.6 Å². The van der Waals surface area contributed by atoms with Crippen molar-refractivity contribution >= 4 is 11.7 Å². The van der Waals surface area contributed by atoms with Crippen LogP contribution in [0.1, 0.15) is 29.4 Å². The Kier molecular flexibility index (Phi) is 5.17. The fraction of sp³-hybridized carbons (Fsp3) is 0.400. The zero-order valence-electron chi connectivity index (χ0n) is 10.7. The van der Waals surface area contributed by atoms with Gasteiger partial charge in [-0.15, -0.1) is 13.2 Å². The number of aromatic nitrogens is 1. The van der Waals surface area contributed by atoms with Gasteiger partial charge in [0.25, 0.3) is 6.43 Å². The minimum Gasteiger partial charge on any atom is -0.462 e. The van der Waals surface area contributed by atoms with Crippen molar-refractivity contribution in [3.8, 4) is 5.75 Å². The van der Waals surface area contributed by atoms with E-state index in [2.05, 4.69) is 14.5 Å². The van der Waals surface area contributed by atoms with Gasteiger partial charge in [0.05, 0.1) is 11.5 Å². The van der Waals surface area contributed by atoms with Crippen LogP contribution in [0.2, 0.25) is 0 Å². The number of esters is 1. The van der Waals surface area contributed by atoms with Crippen molar-refractivity contribution in [3.05, 3.63) is 27.6 Å². The molecule has 0 amide bonds. The van der Waals surface area contributed by atoms with E-state index in [0.29, 0.717) is 0 Å². The van der Waals surface area contributed by atoms with E-state index in [1.807, 2.05) is 0 Å². The normalized spacial score (nSPS) is 11.4. The smallest absolute Gasteiger partial charge is 0.462 e. The number of hydrogen-bond donors (Lipinski definition) is 0. The lowest BCUT2D eigenvalue weighted by molar-refractivity contribution is -0.389. The van der Waals surface area contributed by atoms with Gasteiger partial charge < -0.3 is 9.47 Å². The summed E-state index contributed by atoms with van der Waals surface area (Å²) in [6.07, 6.45) is -8.78. The van der Waals surface area contributed by atoms with E-state index in [9.17, 15) is 36.9 Å². The molecule has 0 saturated heterocycles. The zero-order valence-corrected chi connectivity index (χ0v) is 10.7. The number of rotatable bonds is 5. The molecule has 12 heteroatoms. The van der Waals surface area contributed by atoms with Crippen molar-refractivity contribution in [1.29, 1.82) is 0 Å². The summed E-state index contributed by atoms with van der Waals surface area (Å²) < 4.78 is 70.3. The molecular formula is C10H7F5N2O5. The summed E-state index contributed by atoms with van der Waals surface area (Å²) in [7, 11) is 0. The van der Waals surface area contributed by atoms with Gasteiger partial charge in [0.2, 0.25) is 5.75 Å². The maximum absolute atomic E-state index is 12.8. The Morgan fingerprint density at radius 1 is 1.45 bits per heavy atom. The second-order valence-electron chi connectivity index (χ2n) is 3.56. The average Bonchev–Trinajstić information content (AvgIpc) is 2.35. The second kappa shape index (κ2) is 6.49. The summed E-state index contributed by atoms with van der Waals surface area (Å²) >= 11 is 0. The van der Waals surface area contributed by atoms with E-state index in [1.54, 1.807) is 0 Å². The first-order chi connectivity index (χ1) is 10.1. The first-order valence-electron chi connectivity index (χ1n) is 5.46. The molecule has 0 aliphatic rings. The molecule has 7 nitrogen and oxygen atoms in total. The molecule has 0 aromatic carbocycles. The molecule has 0 bridgehead atoms. The third kappa shape index (κ3) is 3.99. The predicted octanol–water partition coefficient (Wildman–Crippen LogP) is 3.00. The van der Waals surface area contributed by atoms with Gasteiger partial charge in [-0.2, -0.15) is 0 Å². The number of carbonyl (C=O) groups is 1. The van der Waals surface area contributed by atoms with Crippen LogP contribution in [0.4, 0.5) is 27.6 Å².